The molecular formula is C22H28N4O3S. The highest BCUT2D eigenvalue weighted by atomic mass is 32.1. The van der Waals surface area contributed by atoms with Gasteiger partial charge in [0, 0.05) is 6.54 Å². The molecule has 160 valence electrons. The number of hydrogen-bond acceptors (Lipinski definition) is 5. The molecule has 2 aromatic heterocycles. The van der Waals surface area contributed by atoms with Gasteiger partial charge in [-0.05, 0) is 57.4 Å². The quantitative estimate of drug-likeness (QED) is 0.510. The number of amides is 1. The fourth-order valence-electron chi connectivity index (χ4n) is 3.33. The Bertz CT molecular complexity index is 1120. The van der Waals surface area contributed by atoms with E-state index in [4.69, 9.17) is 4.74 Å². The molecule has 3 rings (SSSR count). The van der Waals surface area contributed by atoms with Crippen LogP contribution in [0.2, 0.25) is 0 Å². The van der Waals surface area contributed by atoms with Gasteiger partial charge in [-0.15, -0.1) is 0 Å². The van der Waals surface area contributed by atoms with Gasteiger partial charge in [0.25, 0.3) is 5.91 Å². The number of esters is 1. The maximum Gasteiger partial charge on any atom is 0.326 e. The Morgan fingerprint density at radius 1 is 1.20 bits per heavy atom. The SMILES string of the molecule is CCCCc1ccc2c(c1)sc(=NC(=O)c1cc(C)nn1CC)n2CC(=O)OCC. The minimum atomic E-state index is -0.368. The Balaban J connectivity index is 2.09. The molecule has 8 heteroatoms. The molecule has 3 aromatic rings. The Morgan fingerprint density at radius 2 is 2.00 bits per heavy atom. The van der Waals surface area contributed by atoms with Crippen LogP contribution >= 0.6 is 11.3 Å². The number of thiazole rings is 1. The van der Waals surface area contributed by atoms with E-state index in [1.165, 1.54) is 16.9 Å². The van der Waals surface area contributed by atoms with Gasteiger partial charge >= 0.3 is 5.97 Å². The second-order valence-corrected chi connectivity index (χ2v) is 8.09. The number of fused-ring (bicyclic) bond motifs is 1. The van der Waals surface area contributed by atoms with Crippen molar-refractivity contribution in [2.75, 3.05) is 6.61 Å². The molecule has 0 fully saturated rings. The van der Waals surface area contributed by atoms with E-state index in [1.807, 2.05) is 19.9 Å². The summed E-state index contributed by atoms with van der Waals surface area (Å²) in [6.07, 6.45) is 3.25. The van der Waals surface area contributed by atoms with Crippen molar-refractivity contribution in [2.45, 2.75) is 60.0 Å². The van der Waals surface area contributed by atoms with Crippen LogP contribution in [-0.4, -0.2) is 32.8 Å². The number of ether oxygens (including phenoxy) is 1. The topological polar surface area (TPSA) is 78.5 Å². The summed E-state index contributed by atoms with van der Waals surface area (Å²) in [4.78, 5) is 30.0. The molecule has 30 heavy (non-hydrogen) atoms. The van der Waals surface area contributed by atoms with E-state index >= 15 is 0 Å². The number of hydrogen-bond donors (Lipinski definition) is 0. The fraction of sp³-hybridized carbons (Fsp3) is 0.455. The Hall–Kier alpha value is -2.74. The highest BCUT2D eigenvalue weighted by Gasteiger charge is 2.16. The van der Waals surface area contributed by atoms with Gasteiger partial charge in [-0.1, -0.05) is 30.7 Å². The lowest BCUT2D eigenvalue weighted by molar-refractivity contribution is -0.143. The van der Waals surface area contributed by atoms with E-state index in [1.54, 1.807) is 22.2 Å². The summed E-state index contributed by atoms with van der Waals surface area (Å²) in [5.41, 5.74) is 3.33. The first-order chi connectivity index (χ1) is 14.5. The van der Waals surface area contributed by atoms with Gasteiger partial charge in [0.15, 0.2) is 4.80 Å². The molecule has 2 heterocycles. The summed E-state index contributed by atoms with van der Waals surface area (Å²) < 4.78 is 9.54. The van der Waals surface area contributed by atoms with Gasteiger partial charge in [-0.2, -0.15) is 10.1 Å². The number of nitrogens with zero attached hydrogens (tertiary/aromatic N) is 4. The number of aromatic nitrogens is 3. The Morgan fingerprint density at radius 3 is 2.70 bits per heavy atom. The third kappa shape index (κ3) is 4.87. The van der Waals surface area contributed by atoms with Crippen molar-refractivity contribution in [1.82, 2.24) is 14.3 Å². The standard InChI is InChI=1S/C22H28N4O3S/c1-5-8-9-16-10-11-17-19(13-16)30-22(25(17)14-20(27)29-7-3)23-21(28)18-12-15(4)24-26(18)6-2/h10-13H,5-9,14H2,1-4H3. The maximum atomic E-state index is 12.9. The molecule has 0 atom stereocenters. The zero-order valence-corrected chi connectivity index (χ0v) is 18.8. The molecule has 1 aromatic carbocycles. The molecule has 0 bridgehead atoms. The van der Waals surface area contributed by atoms with Crippen LogP contribution in [0.25, 0.3) is 10.2 Å². The predicted molar refractivity (Wildman–Crippen MR) is 118 cm³/mol. The van der Waals surface area contributed by atoms with Gasteiger partial charge < -0.3 is 9.30 Å². The van der Waals surface area contributed by atoms with Crippen molar-refractivity contribution >= 4 is 33.4 Å². The molecule has 1 amide bonds. The van der Waals surface area contributed by atoms with Crippen LogP contribution in [-0.2, 0) is 29.0 Å². The molecule has 0 radical (unpaired) electrons. The number of benzene rings is 1. The predicted octanol–water partition coefficient (Wildman–Crippen LogP) is 3.87. The number of carbonyl (C=O) groups is 2. The number of carbonyl (C=O) groups excluding carboxylic acids is 2. The van der Waals surface area contributed by atoms with Gasteiger partial charge in [0.2, 0.25) is 0 Å². The van der Waals surface area contributed by atoms with Crippen LogP contribution in [0.15, 0.2) is 29.3 Å². The van der Waals surface area contributed by atoms with Crippen LogP contribution in [0, 0.1) is 6.92 Å². The first-order valence-electron chi connectivity index (χ1n) is 10.4. The van der Waals surface area contributed by atoms with Crippen molar-refractivity contribution in [3.63, 3.8) is 0 Å². The molecule has 0 aliphatic carbocycles. The van der Waals surface area contributed by atoms with Crippen LogP contribution in [0.3, 0.4) is 0 Å². The highest BCUT2D eigenvalue weighted by Crippen LogP contribution is 2.21. The highest BCUT2D eigenvalue weighted by molar-refractivity contribution is 7.16. The summed E-state index contributed by atoms with van der Waals surface area (Å²) in [6, 6.07) is 7.94. The molecular weight excluding hydrogens is 400 g/mol. The number of rotatable bonds is 8. The second kappa shape index (κ2) is 9.84. The van der Waals surface area contributed by atoms with Crippen molar-refractivity contribution in [3.05, 3.63) is 46.0 Å². The number of aryl methyl sites for hydroxylation is 3. The van der Waals surface area contributed by atoms with E-state index in [-0.39, 0.29) is 18.4 Å². The minimum absolute atomic E-state index is 0.0142. The van der Waals surface area contributed by atoms with Gasteiger partial charge in [0.1, 0.15) is 12.2 Å². The first-order valence-corrected chi connectivity index (χ1v) is 11.2. The van der Waals surface area contributed by atoms with E-state index in [2.05, 4.69) is 29.1 Å². The van der Waals surface area contributed by atoms with Gasteiger partial charge in [0.05, 0.1) is 22.5 Å². The lowest BCUT2D eigenvalue weighted by Crippen LogP contribution is -2.23. The molecule has 0 aliphatic heterocycles. The molecule has 7 nitrogen and oxygen atoms in total. The van der Waals surface area contributed by atoms with Crippen molar-refractivity contribution in [1.29, 1.82) is 0 Å². The van der Waals surface area contributed by atoms with Crippen LogP contribution in [0.1, 0.15) is 55.4 Å². The van der Waals surface area contributed by atoms with Crippen molar-refractivity contribution in [3.8, 4) is 0 Å². The third-order valence-electron chi connectivity index (χ3n) is 4.78. The van der Waals surface area contributed by atoms with Crippen molar-refractivity contribution in [2.24, 2.45) is 4.99 Å². The van der Waals surface area contributed by atoms with Crippen molar-refractivity contribution < 1.29 is 14.3 Å². The lowest BCUT2D eigenvalue weighted by Gasteiger charge is -2.06. The number of unbranched alkanes of at least 4 members (excludes halogenated alkanes) is 1. The van der Waals surface area contributed by atoms with E-state index < -0.39 is 0 Å². The van der Waals surface area contributed by atoms with E-state index in [9.17, 15) is 9.59 Å². The van der Waals surface area contributed by atoms with Crippen LogP contribution in [0.4, 0.5) is 0 Å². The molecule has 0 saturated carbocycles. The average Bonchev–Trinajstić information content (AvgIpc) is 3.26. The summed E-state index contributed by atoms with van der Waals surface area (Å²) in [7, 11) is 0. The van der Waals surface area contributed by atoms with Gasteiger partial charge in [-0.3, -0.25) is 14.3 Å². The van der Waals surface area contributed by atoms with Crippen LogP contribution in [0.5, 0.6) is 0 Å². The van der Waals surface area contributed by atoms with Crippen LogP contribution < -0.4 is 4.80 Å². The smallest absolute Gasteiger partial charge is 0.326 e. The van der Waals surface area contributed by atoms with E-state index in [0.29, 0.717) is 23.6 Å². The second-order valence-electron chi connectivity index (χ2n) is 7.09. The average molecular weight is 429 g/mol. The van der Waals surface area contributed by atoms with E-state index in [0.717, 1.165) is 35.2 Å². The largest absolute Gasteiger partial charge is 0.465 e. The summed E-state index contributed by atoms with van der Waals surface area (Å²) in [5, 5.41) is 4.33. The lowest BCUT2D eigenvalue weighted by atomic mass is 10.1. The molecule has 0 spiro atoms. The zero-order chi connectivity index (χ0) is 21.7. The first kappa shape index (κ1) is 22.0. The summed E-state index contributed by atoms with van der Waals surface area (Å²) in [6.45, 7) is 8.63. The normalized spacial score (nSPS) is 11.9. The molecule has 0 N–H and O–H groups in total. The Labute approximate surface area is 180 Å². The summed E-state index contributed by atoms with van der Waals surface area (Å²) in [5.74, 6) is -0.719. The Kier molecular flexibility index (Phi) is 7.20. The molecule has 0 saturated heterocycles. The third-order valence-corrected chi connectivity index (χ3v) is 5.82. The fourth-order valence-corrected chi connectivity index (χ4v) is 4.42. The monoisotopic (exact) mass is 428 g/mol. The van der Waals surface area contributed by atoms with Gasteiger partial charge in [-0.25, -0.2) is 0 Å². The summed E-state index contributed by atoms with van der Waals surface area (Å²) >= 11 is 1.41. The minimum Gasteiger partial charge on any atom is -0.465 e. The molecule has 0 unspecified atom stereocenters. The maximum absolute atomic E-state index is 12.9. The zero-order valence-electron chi connectivity index (χ0n) is 18.0. The molecule has 0 aliphatic rings.